The van der Waals surface area contributed by atoms with E-state index in [2.05, 4.69) is 5.32 Å². The fourth-order valence-corrected chi connectivity index (χ4v) is 3.65. The smallest absolute Gasteiger partial charge is 0.337 e. The minimum absolute atomic E-state index is 0.0653. The van der Waals surface area contributed by atoms with E-state index >= 15 is 0 Å². The third kappa shape index (κ3) is 6.05. The molecule has 33 heavy (non-hydrogen) atoms. The predicted molar refractivity (Wildman–Crippen MR) is 128 cm³/mol. The number of carbonyl (C=O) groups excluding carboxylic acids is 1. The van der Waals surface area contributed by atoms with Crippen LogP contribution < -0.4 is 10.1 Å². The molecule has 1 amide bonds. The lowest BCUT2D eigenvalue weighted by atomic mass is 10.1. The summed E-state index contributed by atoms with van der Waals surface area (Å²) in [4.78, 5) is 23.9. The van der Waals surface area contributed by atoms with Crippen LogP contribution in [0.4, 0.5) is 5.69 Å². The number of carboxylic acids is 1. The van der Waals surface area contributed by atoms with Gasteiger partial charge in [-0.15, -0.1) is 0 Å². The number of carboxylic acid groups (broad SMARTS) is 1. The van der Waals surface area contributed by atoms with Crippen molar-refractivity contribution < 1.29 is 19.4 Å². The normalized spacial score (nSPS) is 10.9. The summed E-state index contributed by atoms with van der Waals surface area (Å²) < 4.78 is 5.71. The lowest BCUT2D eigenvalue weighted by molar-refractivity contribution is -0.112. The van der Waals surface area contributed by atoms with Crippen molar-refractivity contribution in [1.82, 2.24) is 0 Å². The van der Waals surface area contributed by atoms with Gasteiger partial charge in [0.2, 0.25) is 0 Å². The molecule has 3 aromatic rings. The van der Waals surface area contributed by atoms with Gasteiger partial charge < -0.3 is 15.2 Å². The molecule has 0 unspecified atom stereocenters. The Balaban J connectivity index is 1.81. The first-order valence-corrected chi connectivity index (χ1v) is 10.5. The number of aromatic carboxylic acids is 1. The fourth-order valence-electron chi connectivity index (χ4n) is 2.85. The van der Waals surface area contributed by atoms with Crippen LogP contribution in [-0.4, -0.2) is 17.0 Å². The predicted octanol–water partition coefficient (Wildman–Crippen LogP) is 6.47. The van der Waals surface area contributed by atoms with Crippen LogP contribution in [0.3, 0.4) is 0 Å². The summed E-state index contributed by atoms with van der Waals surface area (Å²) in [5, 5.41) is 22.0. The summed E-state index contributed by atoms with van der Waals surface area (Å²) in [5.74, 6) is -1.76. The molecule has 6 nitrogen and oxygen atoms in total. The maximum absolute atomic E-state index is 12.6. The second kappa shape index (κ2) is 10.9. The van der Waals surface area contributed by atoms with Crippen molar-refractivity contribution in [2.24, 2.45) is 0 Å². The number of hydrogen-bond donors (Lipinski definition) is 2. The maximum Gasteiger partial charge on any atom is 0.337 e. The van der Waals surface area contributed by atoms with Crippen LogP contribution in [0.1, 0.15) is 21.5 Å². The monoisotopic (exact) mass is 500 g/mol. The first kappa shape index (κ1) is 24.1. The molecule has 0 aliphatic heterocycles. The van der Waals surface area contributed by atoms with Gasteiger partial charge in [-0.05, 0) is 42.0 Å². The van der Waals surface area contributed by atoms with Gasteiger partial charge in [-0.1, -0.05) is 65.1 Å². The minimum atomic E-state index is -1.21. The summed E-state index contributed by atoms with van der Waals surface area (Å²) in [6.07, 6.45) is 1.29. The Bertz CT molecular complexity index is 1280. The number of amides is 1. The molecular formula is C24H15Cl3N2O4. The van der Waals surface area contributed by atoms with Crippen LogP contribution in [0.5, 0.6) is 5.75 Å². The van der Waals surface area contributed by atoms with Crippen molar-refractivity contribution in [1.29, 1.82) is 5.26 Å². The number of rotatable bonds is 7. The standard InChI is InChI=1S/C24H15Cl3N2O4/c25-18-7-3-1-5-15(18)13-33-22-19(26)10-14(11-20(22)27)9-16(12-28)23(30)29-21-8-4-2-6-17(21)24(31)32/h1-11H,13H2,(H,29,30)(H,31,32)/b16-9+. The molecule has 0 spiro atoms. The lowest BCUT2D eigenvalue weighted by Crippen LogP contribution is -2.16. The highest BCUT2D eigenvalue weighted by atomic mass is 35.5. The number of ether oxygens (including phenoxy) is 1. The first-order chi connectivity index (χ1) is 15.8. The molecule has 3 aromatic carbocycles. The molecule has 0 bridgehead atoms. The Kier molecular flexibility index (Phi) is 7.96. The van der Waals surface area contributed by atoms with Gasteiger partial charge in [0.15, 0.2) is 5.75 Å². The second-order valence-electron chi connectivity index (χ2n) is 6.67. The summed E-state index contributed by atoms with van der Waals surface area (Å²) >= 11 is 18.8. The van der Waals surface area contributed by atoms with Crippen LogP contribution in [0.15, 0.2) is 66.2 Å². The van der Waals surface area contributed by atoms with Gasteiger partial charge in [-0.2, -0.15) is 5.26 Å². The molecular weight excluding hydrogens is 487 g/mol. The molecule has 2 N–H and O–H groups in total. The van der Waals surface area contributed by atoms with Crippen molar-refractivity contribution in [3.05, 3.63) is 98.0 Å². The van der Waals surface area contributed by atoms with Crippen LogP contribution in [0, 0.1) is 11.3 Å². The Labute approximate surface area is 204 Å². The maximum atomic E-state index is 12.6. The van der Waals surface area contributed by atoms with Crippen molar-refractivity contribution in [3.8, 4) is 11.8 Å². The van der Waals surface area contributed by atoms with E-state index in [0.717, 1.165) is 5.56 Å². The van der Waals surface area contributed by atoms with Gasteiger partial charge in [-0.25, -0.2) is 4.79 Å². The van der Waals surface area contributed by atoms with Crippen molar-refractivity contribution in [2.75, 3.05) is 5.32 Å². The van der Waals surface area contributed by atoms with E-state index in [4.69, 9.17) is 39.5 Å². The molecule has 0 aliphatic carbocycles. The Morgan fingerprint density at radius 3 is 2.27 bits per heavy atom. The zero-order valence-electron chi connectivity index (χ0n) is 16.8. The van der Waals surface area contributed by atoms with Gasteiger partial charge >= 0.3 is 5.97 Å². The van der Waals surface area contributed by atoms with Gasteiger partial charge in [-0.3, -0.25) is 4.79 Å². The number of nitriles is 1. The van der Waals surface area contributed by atoms with Crippen LogP contribution >= 0.6 is 34.8 Å². The molecule has 0 heterocycles. The highest BCUT2D eigenvalue weighted by molar-refractivity contribution is 6.37. The zero-order valence-corrected chi connectivity index (χ0v) is 19.1. The van der Waals surface area contributed by atoms with Gasteiger partial charge in [0.25, 0.3) is 5.91 Å². The number of benzene rings is 3. The van der Waals surface area contributed by atoms with Crippen molar-refractivity contribution in [2.45, 2.75) is 6.61 Å². The topological polar surface area (TPSA) is 99.4 Å². The number of hydrogen-bond acceptors (Lipinski definition) is 4. The number of carbonyl (C=O) groups is 2. The summed E-state index contributed by atoms with van der Waals surface area (Å²) in [5.41, 5.74) is 0.825. The Morgan fingerprint density at radius 2 is 1.64 bits per heavy atom. The molecule has 0 atom stereocenters. The van der Waals surface area contributed by atoms with E-state index in [0.29, 0.717) is 10.6 Å². The molecule has 0 aliphatic rings. The molecule has 166 valence electrons. The average molecular weight is 502 g/mol. The zero-order chi connectivity index (χ0) is 24.0. The summed E-state index contributed by atoms with van der Waals surface area (Å²) in [7, 11) is 0. The SMILES string of the molecule is N#C/C(=C\c1cc(Cl)c(OCc2ccccc2Cl)c(Cl)c1)C(=O)Nc1ccccc1C(=O)O. The van der Waals surface area contributed by atoms with E-state index in [1.807, 2.05) is 12.1 Å². The molecule has 0 aromatic heterocycles. The number of nitrogens with one attached hydrogen (secondary N) is 1. The quantitative estimate of drug-likeness (QED) is 0.285. The number of anilines is 1. The third-order valence-corrected chi connectivity index (χ3v) is 5.36. The minimum Gasteiger partial charge on any atom is -0.486 e. The first-order valence-electron chi connectivity index (χ1n) is 9.41. The van der Waals surface area contributed by atoms with Crippen LogP contribution in [-0.2, 0) is 11.4 Å². The highest BCUT2D eigenvalue weighted by Gasteiger charge is 2.16. The van der Waals surface area contributed by atoms with Crippen LogP contribution in [0.2, 0.25) is 15.1 Å². The van der Waals surface area contributed by atoms with E-state index < -0.39 is 11.9 Å². The molecule has 0 fully saturated rings. The molecule has 3 rings (SSSR count). The Hall–Kier alpha value is -3.50. The van der Waals surface area contributed by atoms with E-state index in [1.54, 1.807) is 24.3 Å². The molecule has 9 heteroatoms. The summed E-state index contributed by atoms with van der Waals surface area (Å²) in [6, 6.07) is 17.8. The van der Waals surface area contributed by atoms with Gasteiger partial charge in [0, 0.05) is 10.6 Å². The van der Waals surface area contributed by atoms with E-state index in [1.165, 1.54) is 36.4 Å². The lowest BCUT2D eigenvalue weighted by Gasteiger charge is -2.12. The summed E-state index contributed by atoms with van der Waals surface area (Å²) in [6.45, 7) is 0.142. The van der Waals surface area contributed by atoms with Crippen LogP contribution in [0.25, 0.3) is 6.08 Å². The second-order valence-corrected chi connectivity index (χ2v) is 7.89. The van der Waals surface area contributed by atoms with Crippen molar-refractivity contribution >= 4 is 58.4 Å². The number of nitrogens with zero attached hydrogens (tertiary/aromatic N) is 1. The highest BCUT2D eigenvalue weighted by Crippen LogP contribution is 2.36. The van der Waals surface area contributed by atoms with Gasteiger partial charge in [0.05, 0.1) is 21.3 Å². The third-order valence-electron chi connectivity index (χ3n) is 4.43. The van der Waals surface area contributed by atoms with E-state index in [9.17, 15) is 20.0 Å². The van der Waals surface area contributed by atoms with Crippen molar-refractivity contribution in [3.63, 3.8) is 0 Å². The molecule has 0 saturated heterocycles. The van der Waals surface area contributed by atoms with Gasteiger partial charge in [0.1, 0.15) is 18.2 Å². The largest absolute Gasteiger partial charge is 0.486 e. The number of para-hydroxylation sites is 1. The number of halogens is 3. The molecule has 0 saturated carbocycles. The average Bonchev–Trinajstić information content (AvgIpc) is 2.78. The van der Waals surface area contributed by atoms with E-state index in [-0.39, 0.29) is 39.2 Å². The Morgan fingerprint density at radius 1 is 1.00 bits per heavy atom. The fraction of sp³-hybridized carbons (Fsp3) is 0.0417. The molecule has 0 radical (unpaired) electrons.